The average Bonchev–Trinajstić information content (AvgIpc) is 3.18. The average molecular weight is 499 g/mol. The lowest BCUT2D eigenvalue weighted by molar-refractivity contribution is 0.190. The third kappa shape index (κ3) is 5.40. The van der Waals surface area contributed by atoms with Crippen molar-refractivity contribution in [3.8, 4) is 5.75 Å². The molecule has 176 valence electrons. The Kier molecular flexibility index (Phi) is 6.77. The first-order valence-corrected chi connectivity index (χ1v) is 11.9. The van der Waals surface area contributed by atoms with Gasteiger partial charge in [0, 0.05) is 29.6 Å². The number of aryl methyl sites for hydroxylation is 1. The number of nitrogens with zero attached hydrogens (tertiary/aromatic N) is 4. The maximum Gasteiger partial charge on any atom is 0.277 e. The highest BCUT2D eigenvalue weighted by atomic mass is 35.5. The van der Waals surface area contributed by atoms with Crippen molar-refractivity contribution in [2.24, 2.45) is 13.0 Å². The summed E-state index contributed by atoms with van der Waals surface area (Å²) < 4.78 is 61.7. The van der Waals surface area contributed by atoms with Crippen LogP contribution in [0, 0.1) is 17.6 Å². The maximum absolute atomic E-state index is 14.7. The van der Waals surface area contributed by atoms with E-state index in [-0.39, 0.29) is 30.1 Å². The van der Waals surface area contributed by atoms with E-state index in [1.807, 2.05) is 29.0 Å². The number of nitrogens with one attached hydrogen (secondary N) is 2. The first-order valence-electron chi connectivity index (χ1n) is 10.1. The van der Waals surface area contributed by atoms with E-state index in [1.165, 1.54) is 7.05 Å². The zero-order chi connectivity index (χ0) is 23.6. The molecule has 1 aliphatic heterocycles. The van der Waals surface area contributed by atoms with Gasteiger partial charge in [-0.1, -0.05) is 28.8 Å². The van der Waals surface area contributed by atoms with Crippen LogP contribution in [0.1, 0.15) is 17.9 Å². The van der Waals surface area contributed by atoms with Crippen molar-refractivity contribution in [3.05, 3.63) is 58.6 Å². The second-order valence-corrected chi connectivity index (χ2v) is 9.73. The molecule has 2 atom stereocenters. The fourth-order valence-electron chi connectivity index (χ4n) is 3.77. The monoisotopic (exact) mass is 498 g/mol. The molecule has 0 spiro atoms. The topological polar surface area (TPSA) is 111 Å². The molecule has 1 aromatic heterocycles. The van der Waals surface area contributed by atoms with Crippen LogP contribution in [0.25, 0.3) is 0 Å². The first kappa shape index (κ1) is 23.3. The zero-order valence-corrected chi connectivity index (χ0v) is 19.1. The predicted octanol–water partition coefficient (Wildman–Crippen LogP) is 2.71. The lowest BCUT2D eigenvalue weighted by Crippen LogP contribution is -2.38. The van der Waals surface area contributed by atoms with Gasteiger partial charge in [-0.15, -0.1) is 5.10 Å². The minimum absolute atomic E-state index is 0.00445. The van der Waals surface area contributed by atoms with E-state index in [2.05, 4.69) is 20.7 Å². The highest BCUT2D eigenvalue weighted by Gasteiger charge is 2.28. The normalized spacial score (nSPS) is 18.8. The highest BCUT2D eigenvalue weighted by Crippen LogP contribution is 2.33. The van der Waals surface area contributed by atoms with Gasteiger partial charge in [-0.3, -0.25) is 0 Å². The Morgan fingerprint density at radius 3 is 2.70 bits per heavy atom. The van der Waals surface area contributed by atoms with Crippen LogP contribution in [0.15, 0.2) is 41.3 Å². The van der Waals surface area contributed by atoms with Gasteiger partial charge in [0.05, 0.1) is 13.7 Å². The van der Waals surface area contributed by atoms with E-state index in [4.69, 9.17) is 16.3 Å². The lowest BCUT2D eigenvalue weighted by Gasteiger charge is -2.32. The summed E-state index contributed by atoms with van der Waals surface area (Å²) in [6.07, 6.45) is 0.853. The number of benzene rings is 2. The van der Waals surface area contributed by atoms with Crippen molar-refractivity contribution in [1.29, 1.82) is 0 Å². The predicted molar refractivity (Wildman–Crippen MR) is 117 cm³/mol. The molecule has 2 aromatic carbocycles. The molecule has 0 amide bonds. The van der Waals surface area contributed by atoms with E-state index < -0.39 is 26.6 Å². The standard InChI is InChI=1S/C20H21ClF2N6O3S/c1-29-26-20(25-28-29)27-33(30,31)19-9-16(22)18(8-17(19)23)32-11-13-10-24-7-6-15(13)12-2-4-14(21)5-3-12/h2-5,8-9,13,15,24H,6-7,10-11H2,1H3,(H,26,27)/t13-,15-/m0/s1. The Hall–Kier alpha value is -2.83. The van der Waals surface area contributed by atoms with Crippen molar-refractivity contribution >= 4 is 27.6 Å². The quantitative estimate of drug-likeness (QED) is 0.515. The molecule has 1 saturated heterocycles. The second-order valence-electron chi connectivity index (χ2n) is 7.64. The minimum Gasteiger partial charge on any atom is -0.490 e. The van der Waals surface area contributed by atoms with Gasteiger partial charge in [-0.05, 0) is 41.8 Å². The number of tetrazole rings is 1. The number of halogens is 3. The van der Waals surface area contributed by atoms with E-state index >= 15 is 0 Å². The molecular weight excluding hydrogens is 478 g/mol. The number of ether oxygens (including phenoxy) is 1. The lowest BCUT2D eigenvalue weighted by atomic mass is 9.81. The van der Waals surface area contributed by atoms with Crippen molar-refractivity contribution in [2.45, 2.75) is 17.2 Å². The Labute approximate surface area is 194 Å². The van der Waals surface area contributed by atoms with Gasteiger partial charge in [0.2, 0.25) is 0 Å². The van der Waals surface area contributed by atoms with Gasteiger partial charge in [-0.2, -0.15) is 4.80 Å². The summed E-state index contributed by atoms with van der Waals surface area (Å²) in [5.74, 6) is -2.76. The molecule has 33 heavy (non-hydrogen) atoms. The molecule has 0 aliphatic carbocycles. The molecule has 1 aliphatic rings. The SMILES string of the molecule is Cn1nnc(NS(=O)(=O)c2cc(F)c(OC[C@@H]3CNCC[C@H]3c3ccc(Cl)cc3)cc2F)n1. The van der Waals surface area contributed by atoms with Crippen molar-refractivity contribution in [1.82, 2.24) is 25.5 Å². The van der Waals surface area contributed by atoms with Gasteiger partial charge < -0.3 is 10.1 Å². The van der Waals surface area contributed by atoms with Crippen LogP contribution in [0.5, 0.6) is 5.75 Å². The summed E-state index contributed by atoms with van der Waals surface area (Å²) in [5, 5.41) is 14.5. The first-order chi connectivity index (χ1) is 15.7. The van der Waals surface area contributed by atoms with Crippen molar-refractivity contribution < 1.29 is 21.9 Å². The van der Waals surface area contributed by atoms with Crippen molar-refractivity contribution in [3.63, 3.8) is 0 Å². The molecule has 1 fully saturated rings. The molecule has 9 nitrogen and oxygen atoms in total. The molecule has 4 rings (SSSR count). The van der Waals surface area contributed by atoms with Gasteiger partial charge >= 0.3 is 0 Å². The van der Waals surface area contributed by atoms with Crippen LogP contribution in [0.4, 0.5) is 14.7 Å². The summed E-state index contributed by atoms with van der Waals surface area (Å²) in [6.45, 7) is 1.58. The maximum atomic E-state index is 14.7. The molecule has 0 radical (unpaired) electrons. The fraction of sp³-hybridized carbons (Fsp3) is 0.350. The molecule has 0 saturated carbocycles. The Morgan fingerprint density at radius 1 is 1.24 bits per heavy atom. The molecule has 2 heterocycles. The minimum atomic E-state index is -4.47. The van der Waals surface area contributed by atoms with E-state index in [0.717, 1.165) is 29.4 Å². The molecule has 13 heteroatoms. The largest absolute Gasteiger partial charge is 0.490 e. The van der Waals surface area contributed by atoms with Gasteiger partial charge in [0.1, 0.15) is 10.7 Å². The summed E-state index contributed by atoms with van der Waals surface area (Å²) in [5.41, 5.74) is 1.09. The van der Waals surface area contributed by atoms with Crippen LogP contribution in [0.3, 0.4) is 0 Å². The number of rotatable bonds is 7. The molecule has 2 N–H and O–H groups in total. The number of piperidine rings is 1. The second kappa shape index (κ2) is 9.57. The summed E-state index contributed by atoms with van der Waals surface area (Å²) in [6, 6.07) is 8.82. The van der Waals surface area contributed by atoms with Crippen LogP contribution in [0.2, 0.25) is 5.02 Å². The third-order valence-corrected chi connectivity index (χ3v) is 6.96. The molecular formula is C20H21ClF2N6O3S. The summed E-state index contributed by atoms with van der Waals surface area (Å²) in [4.78, 5) is 0.126. The van der Waals surface area contributed by atoms with Crippen LogP contribution < -0.4 is 14.8 Å². The number of sulfonamides is 1. The van der Waals surface area contributed by atoms with Crippen LogP contribution in [-0.2, 0) is 17.1 Å². The number of anilines is 1. The Bertz CT molecular complexity index is 1240. The summed E-state index contributed by atoms with van der Waals surface area (Å²) in [7, 11) is -3.05. The number of hydrogen-bond acceptors (Lipinski definition) is 7. The fourth-order valence-corrected chi connectivity index (χ4v) is 4.90. The zero-order valence-electron chi connectivity index (χ0n) is 17.5. The smallest absolute Gasteiger partial charge is 0.277 e. The Balaban J connectivity index is 1.49. The van der Waals surface area contributed by atoms with Crippen molar-refractivity contribution in [2.75, 3.05) is 24.4 Å². The van der Waals surface area contributed by atoms with E-state index in [0.29, 0.717) is 17.6 Å². The summed E-state index contributed by atoms with van der Waals surface area (Å²) >= 11 is 5.98. The highest BCUT2D eigenvalue weighted by molar-refractivity contribution is 7.92. The van der Waals surface area contributed by atoms with Crippen LogP contribution >= 0.6 is 11.6 Å². The van der Waals surface area contributed by atoms with Gasteiger partial charge in [-0.25, -0.2) is 21.9 Å². The van der Waals surface area contributed by atoms with E-state index in [9.17, 15) is 17.2 Å². The Morgan fingerprint density at radius 2 is 2.00 bits per heavy atom. The third-order valence-electron chi connectivity index (χ3n) is 5.37. The van der Waals surface area contributed by atoms with Gasteiger partial charge in [0.15, 0.2) is 11.6 Å². The molecule has 0 unspecified atom stereocenters. The number of aromatic nitrogens is 4. The molecule has 0 bridgehead atoms. The van der Waals surface area contributed by atoms with Crippen LogP contribution in [-0.4, -0.2) is 48.3 Å². The van der Waals surface area contributed by atoms with Gasteiger partial charge in [0.25, 0.3) is 16.0 Å². The number of hydrogen-bond donors (Lipinski definition) is 2. The molecule has 3 aromatic rings. The van der Waals surface area contributed by atoms with E-state index in [1.54, 1.807) is 0 Å².